The Bertz CT molecular complexity index is 433. The number of allylic oxidation sites excluding steroid dienone is 1. The third-order valence-corrected chi connectivity index (χ3v) is 5.49. The standard InChI is InChI=1S/C15H22O3/c1-5-9(13(17)18)8-10-11-6-7-15(4,12(10)16)14(11,2)3/h8-9,11H,5-7H2,1-4H3,(H,17,18)/p-1/b10-8+/t9-,11+,15-/m1/s1. The van der Waals surface area contributed by atoms with Crippen molar-refractivity contribution in [3.8, 4) is 0 Å². The Morgan fingerprint density at radius 3 is 2.50 bits per heavy atom. The van der Waals surface area contributed by atoms with Crippen LogP contribution in [0.4, 0.5) is 0 Å². The lowest BCUT2D eigenvalue weighted by molar-refractivity contribution is -0.309. The zero-order valence-electron chi connectivity index (χ0n) is 11.6. The summed E-state index contributed by atoms with van der Waals surface area (Å²) >= 11 is 0. The van der Waals surface area contributed by atoms with Gasteiger partial charge in [0.1, 0.15) is 0 Å². The van der Waals surface area contributed by atoms with Crippen molar-refractivity contribution >= 4 is 11.8 Å². The Morgan fingerprint density at radius 1 is 1.50 bits per heavy atom. The molecule has 2 aliphatic carbocycles. The van der Waals surface area contributed by atoms with E-state index in [1.165, 1.54) is 0 Å². The summed E-state index contributed by atoms with van der Waals surface area (Å²) in [5, 5.41) is 11.0. The van der Waals surface area contributed by atoms with Crippen LogP contribution in [0, 0.1) is 22.7 Å². The van der Waals surface area contributed by atoms with Crippen molar-refractivity contribution in [1.82, 2.24) is 0 Å². The summed E-state index contributed by atoms with van der Waals surface area (Å²) in [7, 11) is 0. The minimum atomic E-state index is -1.08. The van der Waals surface area contributed by atoms with Gasteiger partial charge in [-0.2, -0.15) is 0 Å². The molecule has 2 rings (SSSR count). The van der Waals surface area contributed by atoms with Gasteiger partial charge in [-0.3, -0.25) is 4.79 Å². The van der Waals surface area contributed by atoms with Crippen LogP contribution in [0.1, 0.15) is 47.0 Å². The van der Waals surface area contributed by atoms with Gasteiger partial charge in [0.25, 0.3) is 0 Å². The van der Waals surface area contributed by atoms with Gasteiger partial charge in [-0.15, -0.1) is 0 Å². The first-order chi connectivity index (χ1) is 8.25. The molecule has 0 unspecified atom stereocenters. The van der Waals surface area contributed by atoms with Gasteiger partial charge in [0.15, 0.2) is 5.78 Å². The molecule has 2 aliphatic rings. The van der Waals surface area contributed by atoms with Gasteiger partial charge in [-0.1, -0.05) is 33.8 Å². The molecular formula is C15H21O3-. The highest BCUT2D eigenvalue weighted by Gasteiger charge is 2.63. The number of carboxylic acids is 1. The van der Waals surface area contributed by atoms with E-state index in [9.17, 15) is 14.7 Å². The Labute approximate surface area is 108 Å². The van der Waals surface area contributed by atoms with Gasteiger partial charge in [0, 0.05) is 17.3 Å². The van der Waals surface area contributed by atoms with Crippen molar-refractivity contribution < 1.29 is 14.7 Å². The number of hydrogen-bond acceptors (Lipinski definition) is 3. The highest BCUT2D eigenvalue weighted by atomic mass is 16.4. The van der Waals surface area contributed by atoms with E-state index < -0.39 is 11.9 Å². The number of carbonyl (C=O) groups is 2. The average molecular weight is 249 g/mol. The molecule has 0 aromatic heterocycles. The maximum Gasteiger partial charge on any atom is 0.165 e. The van der Waals surface area contributed by atoms with Gasteiger partial charge in [-0.05, 0) is 36.2 Å². The van der Waals surface area contributed by atoms with Crippen LogP contribution in [-0.4, -0.2) is 11.8 Å². The molecular weight excluding hydrogens is 228 g/mol. The molecule has 3 nitrogen and oxygen atoms in total. The first-order valence-electron chi connectivity index (χ1n) is 6.73. The predicted molar refractivity (Wildman–Crippen MR) is 66.5 cm³/mol. The van der Waals surface area contributed by atoms with E-state index in [-0.39, 0.29) is 22.5 Å². The smallest absolute Gasteiger partial charge is 0.165 e. The second-order valence-electron chi connectivity index (χ2n) is 6.43. The second kappa shape index (κ2) is 3.94. The highest BCUT2D eigenvalue weighted by Crippen LogP contribution is 2.65. The molecule has 18 heavy (non-hydrogen) atoms. The highest BCUT2D eigenvalue weighted by molar-refractivity contribution is 6.05. The van der Waals surface area contributed by atoms with Gasteiger partial charge < -0.3 is 9.90 Å². The molecule has 0 spiro atoms. The number of rotatable bonds is 3. The van der Waals surface area contributed by atoms with Crippen molar-refractivity contribution in [3.05, 3.63) is 11.6 Å². The van der Waals surface area contributed by atoms with Crippen LogP contribution in [0.2, 0.25) is 0 Å². The predicted octanol–water partition coefficient (Wildman–Crippen LogP) is 1.71. The van der Waals surface area contributed by atoms with E-state index in [2.05, 4.69) is 13.8 Å². The Morgan fingerprint density at radius 2 is 2.11 bits per heavy atom. The number of carbonyl (C=O) groups excluding carboxylic acids is 2. The van der Waals surface area contributed by atoms with Gasteiger partial charge >= 0.3 is 0 Å². The monoisotopic (exact) mass is 249 g/mol. The van der Waals surface area contributed by atoms with Crippen molar-refractivity contribution in [2.24, 2.45) is 22.7 Å². The summed E-state index contributed by atoms with van der Waals surface area (Å²) < 4.78 is 0. The normalized spacial score (nSPS) is 37.2. The number of aliphatic carboxylic acids is 1. The van der Waals surface area contributed by atoms with Crippen LogP contribution in [0.15, 0.2) is 11.6 Å². The van der Waals surface area contributed by atoms with Crippen LogP contribution in [-0.2, 0) is 9.59 Å². The molecule has 3 heteroatoms. The Balaban J connectivity index is 2.41. The maximum absolute atomic E-state index is 12.5. The first kappa shape index (κ1) is 13.3. The summed E-state index contributed by atoms with van der Waals surface area (Å²) in [5.74, 6) is -1.35. The van der Waals surface area contributed by atoms with E-state index in [1.54, 1.807) is 6.08 Å². The fourth-order valence-electron chi connectivity index (χ4n) is 3.69. The molecule has 0 saturated heterocycles. The van der Waals surface area contributed by atoms with Crippen molar-refractivity contribution in [2.75, 3.05) is 0 Å². The van der Waals surface area contributed by atoms with Crippen molar-refractivity contribution in [3.63, 3.8) is 0 Å². The van der Waals surface area contributed by atoms with Gasteiger partial charge in [-0.25, -0.2) is 0 Å². The summed E-state index contributed by atoms with van der Waals surface area (Å²) in [6.07, 6.45) is 4.05. The molecule has 0 aromatic rings. The van der Waals surface area contributed by atoms with E-state index in [4.69, 9.17) is 0 Å². The fourth-order valence-corrected chi connectivity index (χ4v) is 3.69. The third kappa shape index (κ3) is 1.49. The summed E-state index contributed by atoms with van der Waals surface area (Å²) in [5.41, 5.74) is 0.373. The molecule has 2 bridgehead atoms. The molecule has 0 amide bonds. The first-order valence-corrected chi connectivity index (χ1v) is 6.73. The molecule has 0 N–H and O–H groups in total. The summed E-state index contributed by atoms with van der Waals surface area (Å²) in [4.78, 5) is 23.5. The summed E-state index contributed by atoms with van der Waals surface area (Å²) in [6.45, 7) is 8.09. The number of ketones is 1. The minimum absolute atomic E-state index is 0.0554. The van der Waals surface area contributed by atoms with Crippen LogP contribution < -0.4 is 5.11 Å². The second-order valence-corrected chi connectivity index (χ2v) is 6.43. The molecule has 2 saturated carbocycles. The molecule has 0 heterocycles. The summed E-state index contributed by atoms with van der Waals surface area (Å²) in [6, 6.07) is 0. The lowest BCUT2D eigenvalue weighted by Gasteiger charge is -2.31. The van der Waals surface area contributed by atoms with Crippen LogP contribution >= 0.6 is 0 Å². The SMILES string of the molecule is CC[C@H](/C=C1/C(=O)[C@@]2(C)CC[C@@H]1C2(C)C)C(=O)[O-]. The van der Waals surface area contributed by atoms with Crippen LogP contribution in [0.25, 0.3) is 0 Å². The van der Waals surface area contributed by atoms with Crippen molar-refractivity contribution in [2.45, 2.75) is 47.0 Å². The Kier molecular flexibility index (Phi) is 2.91. The van der Waals surface area contributed by atoms with Gasteiger partial charge in [0.2, 0.25) is 0 Å². The fraction of sp³-hybridized carbons (Fsp3) is 0.733. The number of Topliss-reactive ketones (excluding diaryl/α,β-unsaturated/α-hetero) is 1. The van der Waals surface area contributed by atoms with Crippen LogP contribution in [0.5, 0.6) is 0 Å². The number of hydrogen-bond donors (Lipinski definition) is 0. The van der Waals surface area contributed by atoms with E-state index in [0.717, 1.165) is 18.4 Å². The average Bonchev–Trinajstić information content (AvgIpc) is 2.59. The van der Waals surface area contributed by atoms with Crippen LogP contribution in [0.3, 0.4) is 0 Å². The lowest BCUT2D eigenvalue weighted by Crippen LogP contribution is -2.33. The molecule has 0 aliphatic heterocycles. The molecule has 100 valence electrons. The molecule has 0 radical (unpaired) electrons. The zero-order chi connectivity index (χ0) is 13.7. The van der Waals surface area contributed by atoms with E-state index in [0.29, 0.717) is 6.42 Å². The number of fused-ring (bicyclic) bond motifs is 2. The topological polar surface area (TPSA) is 57.2 Å². The molecule has 3 atom stereocenters. The van der Waals surface area contributed by atoms with Crippen molar-refractivity contribution in [1.29, 1.82) is 0 Å². The van der Waals surface area contributed by atoms with Gasteiger partial charge in [0.05, 0.1) is 0 Å². The lowest BCUT2D eigenvalue weighted by atomic mass is 9.70. The third-order valence-electron chi connectivity index (χ3n) is 5.49. The zero-order valence-corrected chi connectivity index (χ0v) is 11.6. The molecule has 0 aromatic carbocycles. The Hall–Kier alpha value is -1.12. The quantitative estimate of drug-likeness (QED) is 0.715. The largest absolute Gasteiger partial charge is 0.550 e. The number of carboxylic acid groups (broad SMARTS) is 1. The van der Waals surface area contributed by atoms with E-state index in [1.807, 2.05) is 13.8 Å². The van der Waals surface area contributed by atoms with E-state index >= 15 is 0 Å². The maximum atomic E-state index is 12.5. The minimum Gasteiger partial charge on any atom is -0.550 e. The molecule has 2 fully saturated rings.